The lowest BCUT2D eigenvalue weighted by Gasteiger charge is -2.50. The monoisotopic (exact) mass is 232 g/mol. The van der Waals surface area contributed by atoms with Crippen molar-refractivity contribution in [3.05, 3.63) is 30.3 Å². The van der Waals surface area contributed by atoms with Crippen LogP contribution in [0.3, 0.4) is 0 Å². The molecular weight excluding hydrogens is 216 g/mol. The maximum atomic E-state index is 12.0. The van der Waals surface area contributed by atoms with E-state index in [4.69, 9.17) is 0 Å². The molecule has 1 heterocycles. The van der Waals surface area contributed by atoms with Gasteiger partial charge in [0.15, 0.2) is 0 Å². The van der Waals surface area contributed by atoms with Gasteiger partial charge in [-0.2, -0.15) is 0 Å². The summed E-state index contributed by atoms with van der Waals surface area (Å²) in [5, 5.41) is 2.72. The van der Waals surface area contributed by atoms with Crippen LogP contribution in [0.2, 0.25) is 0 Å². The summed E-state index contributed by atoms with van der Waals surface area (Å²) >= 11 is 0. The van der Waals surface area contributed by atoms with Crippen LogP contribution in [-0.2, 0) is 4.79 Å². The highest BCUT2D eigenvalue weighted by Gasteiger charge is 2.54. The minimum atomic E-state index is -0.407. The largest absolute Gasteiger partial charge is 0.329 e. The smallest absolute Gasteiger partial charge is 0.307 e. The molecule has 0 saturated carbocycles. The summed E-state index contributed by atoms with van der Waals surface area (Å²) < 4.78 is 0. The molecule has 4 nitrogen and oxygen atoms in total. The van der Waals surface area contributed by atoms with E-state index < -0.39 is 5.54 Å². The number of hydrogen-bond donors (Lipinski definition) is 1. The van der Waals surface area contributed by atoms with Gasteiger partial charge in [-0.1, -0.05) is 25.1 Å². The molecule has 1 aliphatic heterocycles. The number of nitrogens with one attached hydrogen (secondary N) is 1. The minimum Gasteiger partial charge on any atom is -0.307 e. The Morgan fingerprint density at radius 1 is 1.29 bits per heavy atom. The van der Waals surface area contributed by atoms with Gasteiger partial charge in [0.05, 0.1) is 11.5 Å². The highest BCUT2D eigenvalue weighted by molar-refractivity contribution is 6.07. The fourth-order valence-corrected chi connectivity index (χ4v) is 1.97. The molecule has 0 spiro atoms. The number of carbonyl (C=O) groups is 2. The lowest BCUT2D eigenvalue weighted by atomic mass is 9.77. The number of anilines is 1. The third-order valence-corrected chi connectivity index (χ3v) is 3.45. The molecule has 17 heavy (non-hydrogen) atoms. The number of benzene rings is 1. The van der Waals surface area contributed by atoms with E-state index in [-0.39, 0.29) is 17.9 Å². The van der Waals surface area contributed by atoms with E-state index in [0.29, 0.717) is 5.69 Å². The maximum absolute atomic E-state index is 12.0. The summed E-state index contributed by atoms with van der Waals surface area (Å²) in [6, 6.07) is 8.76. The third kappa shape index (κ3) is 1.79. The average Bonchev–Trinajstić information content (AvgIpc) is 2.29. The second-order valence-electron chi connectivity index (χ2n) is 4.85. The van der Waals surface area contributed by atoms with Gasteiger partial charge in [-0.3, -0.25) is 9.69 Å². The Kier molecular flexibility index (Phi) is 2.65. The predicted octanol–water partition coefficient (Wildman–Crippen LogP) is 2.48. The number of amides is 3. The second kappa shape index (κ2) is 3.87. The molecule has 1 fully saturated rings. The van der Waals surface area contributed by atoms with Crippen molar-refractivity contribution in [2.45, 2.75) is 26.3 Å². The van der Waals surface area contributed by atoms with Gasteiger partial charge in [-0.15, -0.1) is 0 Å². The quantitative estimate of drug-likeness (QED) is 0.756. The van der Waals surface area contributed by atoms with Crippen molar-refractivity contribution in [2.75, 3.05) is 5.32 Å². The van der Waals surface area contributed by atoms with Crippen molar-refractivity contribution in [2.24, 2.45) is 5.92 Å². The molecular formula is C13H16N2O2. The van der Waals surface area contributed by atoms with Crippen molar-refractivity contribution in [1.29, 1.82) is 0 Å². The van der Waals surface area contributed by atoms with Crippen molar-refractivity contribution in [3.8, 4) is 0 Å². The van der Waals surface area contributed by atoms with Crippen LogP contribution in [0.5, 0.6) is 0 Å². The number of para-hydroxylation sites is 1. The topological polar surface area (TPSA) is 49.4 Å². The Labute approximate surface area is 101 Å². The summed E-state index contributed by atoms with van der Waals surface area (Å²) in [4.78, 5) is 24.9. The standard InChI is InChI=1S/C13H16N2O2/c1-9-11(16)15(13(9,2)3)12(17)14-10-7-5-4-6-8-10/h4-9H,1-3H3,(H,14,17). The van der Waals surface area contributed by atoms with E-state index in [0.717, 1.165) is 0 Å². The van der Waals surface area contributed by atoms with Crippen LogP contribution in [0.1, 0.15) is 20.8 Å². The first-order valence-electron chi connectivity index (χ1n) is 5.64. The van der Waals surface area contributed by atoms with Crippen LogP contribution < -0.4 is 5.32 Å². The molecule has 1 aromatic rings. The molecule has 1 aromatic carbocycles. The zero-order valence-corrected chi connectivity index (χ0v) is 10.2. The zero-order chi connectivity index (χ0) is 12.6. The summed E-state index contributed by atoms with van der Waals surface area (Å²) in [6.45, 7) is 5.63. The van der Waals surface area contributed by atoms with Gasteiger partial charge < -0.3 is 5.32 Å². The number of hydrogen-bond acceptors (Lipinski definition) is 2. The van der Waals surface area contributed by atoms with Crippen molar-refractivity contribution in [3.63, 3.8) is 0 Å². The van der Waals surface area contributed by atoms with E-state index in [1.807, 2.05) is 39.0 Å². The number of urea groups is 1. The molecule has 0 radical (unpaired) electrons. The number of nitrogens with zero attached hydrogens (tertiary/aromatic N) is 1. The maximum Gasteiger partial charge on any atom is 0.329 e. The molecule has 0 bridgehead atoms. The average molecular weight is 232 g/mol. The number of imide groups is 1. The zero-order valence-electron chi connectivity index (χ0n) is 10.2. The Hall–Kier alpha value is -1.84. The van der Waals surface area contributed by atoms with Crippen molar-refractivity contribution < 1.29 is 9.59 Å². The van der Waals surface area contributed by atoms with Crippen LogP contribution in [0.15, 0.2) is 30.3 Å². The van der Waals surface area contributed by atoms with E-state index in [9.17, 15) is 9.59 Å². The molecule has 1 N–H and O–H groups in total. The molecule has 4 heteroatoms. The number of likely N-dealkylation sites (tertiary alicyclic amines) is 1. The highest BCUT2D eigenvalue weighted by Crippen LogP contribution is 2.37. The first-order chi connectivity index (χ1) is 7.94. The van der Waals surface area contributed by atoms with E-state index in [2.05, 4.69) is 5.32 Å². The van der Waals surface area contributed by atoms with Gasteiger partial charge >= 0.3 is 6.03 Å². The molecule has 0 aliphatic carbocycles. The van der Waals surface area contributed by atoms with Gasteiger partial charge in [0, 0.05) is 5.69 Å². The van der Waals surface area contributed by atoms with Gasteiger partial charge in [-0.25, -0.2) is 4.79 Å². The van der Waals surface area contributed by atoms with Crippen LogP contribution in [0.4, 0.5) is 10.5 Å². The number of rotatable bonds is 1. The first kappa shape index (κ1) is 11.6. The molecule has 1 unspecified atom stereocenters. The molecule has 2 rings (SSSR count). The molecule has 1 atom stereocenters. The van der Waals surface area contributed by atoms with Crippen LogP contribution in [0.25, 0.3) is 0 Å². The fourth-order valence-electron chi connectivity index (χ4n) is 1.97. The number of carbonyl (C=O) groups excluding carboxylic acids is 2. The van der Waals surface area contributed by atoms with Gasteiger partial charge in [0.2, 0.25) is 5.91 Å². The highest BCUT2D eigenvalue weighted by atomic mass is 16.2. The number of β-lactam (4-membered cyclic amide) rings is 1. The first-order valence-corrected chi connectivity index (χ1v) is 5.64. The SMILES string of the molecule is CC1C(=O)N(C(=O)Nc2ccccc2)C1(C)C. The van der Waals surface area contributed by atoms with E-state index in [1.165, 1.54) is 4.90 Å². The van der Waals surface area contributed by atoms with Crippen LogP contribution in [-0.4, -0.2) is 22.4 Å². The van der Waals surface area contributed by atoms with E-state index >= 15 is 0 Å². The molecule has 0 aromatic heterocycles. The third-order valence-electron chi connectivity index (χ3n) is 3.45. The molecule has 3 amide bonds. The Morgan fingerprint density at radius 2 is 1.88 bits per heavy atom. The van der Waals surface area contributed by atoms with Crippen molar-refractivity contribution in [1.82, 2.24) is 4.90 Å². The second-order valence-corrected chi connectivity index (χ2v) is 4.85. The summed E-state index contributed by atoms with van der Waals surface area (Å²) in [5.74, 6) is -0.229. The minimum absolute atomic E-state index is 0.107. The summed E-state index contributed by atoms with van der Waals surface area (Å²) in [5.41, 5.74) is 0.288. The van der Waals surface area contributed by atoms with Gasteiger partial charge in [0.1, 0.15) is 0 Å². The Balaban J connectivity index is 2.10. The lowest BCUT2D eigenvalue weighted by molar-refractivity contribution is -0.156. The van der Waals surface area contributed by atoms with Crippen molar-refractivity contribution >= 4 is 17.6 Å². The van der Waals surface area contributed by atoms with Gasteiger partial charge in [-0.05, 0) is 26.0 Å². The molecule has 1 saturated heterocycles. The van der Waals surface area contributed by atoms with Gasteiger partial charge in [0.25, 0.3) is 0 Å². The molecule has 1 aliphatic rings. The summed E-state index contributed by atoms with van der Waals surface area (Å²) in [7, 11) is 0. The Bertz CT molecular complexity index is 454. The predicted molar refractivity (Wildman–Crippen MR) is 65.5 cm³/mol. The Morgan fingerprint density at radius 3 is 2.41 bits per heavy atom. The molecule has 90 valence electrons. The lowest BCUT2D eigenvalue weighted by Crippen LogP contribution is -2.69. The summed E-state index contributed by atoms with van der Waals surface area (Å²) in [6.07, 6.45) is 0. The fraction of sp³-hybridized carbons (Fsp3) is 0.385. The van der Waals surface area contributed by atoms with Crippen LogP contribution in [0, 0.1) is 5.92 Å². The normalized spacial score (nSPS) is 21.9. The van der Waals surface area contributed by atoms with Crippen LogP contribution >= 0.6 is 0 Å². The van der Waals surface area contributed by atoms with E-state index in [1.54, 1.807) is 12.1 Å².